The molecular formula is C70H54F2N2. The molecule has 0 aliphatic rings. The molecule has 0 unspecified atom stereocenters. The van der Waals surface area contributed by atoms with Crippen molar-refractivity contribution in [3.63, 3.8) is 0 Å². The summed E-state index contributed by atoms with van der Waals surface area (Å²) in [5, 5.41) is 6.13. The zero-order valence-corrected chi connectivity index (χ0v) is 42.4. The van der Waals surface area contributed by atoms with Crippen LogP contribution in [0.1, 0.15) is 33.4 Å². The molecule has 0 saturated carbocycles. The lowest BCUT2D eigenvalue weighted by Crippen LogP contribution is -2.15. The van der Waals surface area contributed by atoms with Gasteiger partial charge in [-0.25, -0.2) is 8.78 Å². The zero-order chi connectivity index (χ0) is 50.8. The monoisotopic (exact) mass is 960 g/mol. The summed E-state index contributed by atoms with van der Waals surface area (Å²) >= 11 is 0. The second kappa shape index (κ2) is 18.6. The third-order valence-electron chi connectivity index (χ3n) is 15.0. The van der Waals surface area contributed by atoms with Gasteiger partial charge in [0.1, 0.15) is 11.6 Å². The molecule has 12 aromatic carbocycles. The predicted octanol–water partition coefficient (Wildman–Crippen LogP) is 20.3. The Morgan fingerprint density at radius 3 is 1.01 bits per heavy atom. The van der Waals surface area contributed by atoms with E-state index in [9.17, 15) is 0 Å². The first-order valence-electron chi connectivity index (χ1n) is 25.4. The van der Waals surface area contributed by atoms with Gasteiger partial charge in [0.15, 0.2) is 0 Å². The van der Waals surface area contributed by atoms with Crippen LogP contribution in [0.25, 0.3) is 76.8 Å². The average molecular weight is 961 g/mol. The smallest absolute Gasteiger partial charge is 0.148 e. The number of hydrogen-bond acceptors (Lipinski definition) is 2. The van der Waals surface area contributed by atoms with Crippen LogP contribution in [0.5, 0.6) is 0 Å². The van der Waals surface area contributed by atoms with E-state index in [1.807, 2.05) is 60.7 Å². The lowest BCUT2D eigenvalue weighted by Gasteiger charge is -2.32. The van der Waals surface area contributed by atoms with Gasteiger partial charge in [0, 0.05) is 33.3 Å². The van der Waals surface area contributed by atoms with E-state index in [1.54, 1.807) is 12.1 Å². The van der Waals surface area contributed by atoms with Gasteiger partial charge < -0.3 is 9.80 Å². The fourth-order valence-electron chi connectivity index (χ4n) is 11.4. The highest BCUT2D eigenvalue weighted by Gasteiger charge is 2.29. The molecule has 4 heteroatoms. The van der Waals surface area contributed by atoms with Crippen LogP contribution in [0.15, 0.2) is 218 Å². The van der Waals surface area contributed by atoms with Gasteiger partial charge in [-0.1, -0.05) is 158 Å². The number of nitrogens with zero attached hydrogens (tertiary/aromatic N) is 2. The molecule has 0 saturated heterocycles. The SMILES string of the molecule is Cc1cccc(N(c2c(F)cc(-c3ccccc3C)cc2-c2ccccc2C)c2ccc3ccc4c(N(c5cccc(C)c5)c5c(F)cc(-c6ccccc6C)cc5-c5ccccc5C)ccc5ccc2c3c54)c1. The Labute approximate surface area is 432 Å². The second-order valence-electron chi connectivity index (χ2n) is 19.9. The molecule has 0 aromatic heterocycles. The largest absolute Gasteiger partial charge is 0.307 e. The molecule has 0 fully saturated rings. The van der Waals surface area contributed by atoms with Gasteiger partial charge in [0.05, 0.1) is 22.7 Å². The Bertz CT molecular complexity index is 3880. The third-order valence-corrected chi connectivity index (χ3v) is 15.0. The van der Waals surface area contributed by atoms with Crippen molar-refractivity contribution in [2.45, 2.75) is 41.5 Å². The normalized spacial score (nSPS) is 11.5. The topological polar surface area (TPSA) is 6.48 Å². The lowest BCUT2D eigenvalue weighted by molar-refractivity contribution is 0.629. The van der Waals surface area contributed by atoms with Crippen LogP contribution >= 0.6 is 0 Å². The molecule has 0 bridgehead atoms. The van der Waals surface area contributed by atoms with E-state index in [2.05, 4.69) is 197 Å². The lowest BCUT2D eigenvalue weighted by atomic mass is 9.89. The van der Waals surface area contributed by atoms with Crippen molar-refractivity contribution in [2.24, 2.45) is 0 Å². The van der Waals surface area contributed by atoms with E-state index in [4.69, 9.17) is 0 Å². The van der Waals surface area contributed by atoms with Crippen molar-refractivity contribution in [3.8, 4) is 44.5 Å². The highest BCUT2D eigenvalue weighted by atomic mass is 19.1. The van der Waals surface area contributed by atoms with Gasteiger partial charge in [0.25, 0.3) is 0 Å². The molecule has 0 radical (unpaired) electrons. The summed E-state index contributed by atoms with van der Waals surface area (Å²) in [5.74, 6) is -0.653. The summed E-state index contributed by atoms with van der Waals surface area (Å²) < 4.78 is 36.1. The van der Waals surface area contributed by atoms with Crippen molar-refractivity contribution >= 4 is 66.4 Å². The van der Waals surface area contributed by atoms with E-state index in [0.717, 1.165) is 133 Å². The number of anilines is 6. The van der Waals surface area contributed by atoms with Crippen LogP contribution in [0.2, 0.25) is 0 Å². The first kappa shape index (κ1) is 46.2. The molecule has 0 heterocycles. The zero-order valence-electron chi connectivity index (χ0n) is 42.4. The molecule has 12 aromatic rings. The molecule has 0 amide bonds. The van der Waals surface area contributed by atoms with Crippen LogP contribution in [0.4, 0.5) is 42.9 Å². The Balaban J connectivity index is 1.14. The Hall–Kier alpha value is -8.86. The molecule has 0 N–H and O–H groups in total. The minimum absolute atomic E-state index is 0.327. The van der Waals surface area contributed by atoms with Crippen LogP contribution in [-0.4, -0.2) is 0 Å². The van der Waals surface area contributed by atoms with E-state index < -0.39 is 0 Å². The fourth-order valence-corrected chi connectivity index (χ4v) is 11.4. The molecule has 74 heavy (non-hydrogen) atoms. The van der Waals surface area contributed by atoms with Crippen LogP contribution < -0.4 is 9.80 Å². The summed E-state index contributed by atoms with van der Waals surface area (Å²) in [6.45, 7) is 12.5. The summed E-state index contributed by atoms with van der Waals surface area (Å²) in [4.78, 5) is 4.24. The van der Waals surface area contributed by atoms with Gasteiger partial charge in [0.2, 0.25) is 0 Å². The molecule has 0 spiro atoms. The summed E-state index contributed by atoms with van der Waals surface area (Å²) in [6.07, 6.45) is 0. The van der Waals surface area contributed by atoms with Gasteiger partial charge in [-0.2, -0.15) is 0 Å². The molecule has 2 nitrogen and oxygen atoms in total. The van der Waals surface area contributed by atoms with E-state index in [1.165, 1.54) is 0 Å². The maximum Gasteiger partial charge on any atom is 0.148 e. The predicted molar refractivity (Wildman–Crippen MR) is 310 cm³/mol. The van der Waals surface area contributed by atoms with Gasteiger partial charge in [-0.05, 0) is 191 Å². The third kappa shape index (κ3) is 7.95. The van der Waals surface area contributed by atoms with Gasteiger partial charge >= 0.3 is 0 Å². The van der Waals surface area contributed by atoms with Crippen molar-refractivity contribution in [2.75, 3.05) is 9.80 Å². The van der Waals surface area contributed by atoms with Crippen molar-refractivity contribution in [1.29, 1.82) is 0 Å². The second-order valence-corrected chi connectivity index (χ2v) is 19.9. The minimum atomic E-state index is -0.327. The maximum absolute atomic E-state index is 18.0. The quantitative estimate of drug-likeness (QED) is 0.126. The van der Waals surface area contributed by atoms with Crippen LogP contribution in [-0.2, 0) is 0 Å². The van der Waals surface area contributed by atoms with Crippen molar-refractivity contribution < 1.29 is 8.78 Å². The van der Waals surface area contributed by atoms with Crippen LogP contribution in [0, 0.1) is 53.2 Å². The number of halogens is 2. The molecular weight excluding hydrogens is 907 g/mol. The van der Waals surface area contributed by atoms with E-state index in [0.29, 0.717) is 11.4 Å². The summed E-state index contributed by atoms with van der Waals surface area (Å²) in [5.41, 5.74) is 17.8. The molecule has 0 aliphatic heterocycles. The Kier molecular flexibility index (Phi) is 11.6. The van der Waals surface area contributed by atoms with Crippen molar-refractivity contribution in [3.05, 3.63) is 263 Å². The first-order valence-corrected chi connectivity index (χ1v) is 25.4. The molecule has 0 aliphatic carbocycles. The Morgan fingerprint density at radius 2 is 0.649 bits per heavy atom. The number of aryl methyl sites for hydroxylation is 6. The number of hydrogen-bond donors (Lipinski definition) is 0. The van der Waals surface area contributed by atoms with Gasteiger partial charge in [-0.15, -0.1) is 0 Å². The van der Waals surface area contributed by atoms with Gasteiger partial charge in [-0.3, -0.25) is 0 Å². The molecule has 0 atom stereocenters. The van der Waals surface area contributed by atoms with E-state index >= 15 is 8.78 Å². The maximum atomic E-state index is 18.0. The standard InChI is InChI=1S/C70H54F2N2/c1-43-17-15-23-53(37-43)73(69-61(57-27-13-9-21-47(57)5)39-51(41-63(69)71)55-25-11-7-19-45(55)3)65-35-31-49-30-34-60-66(36-32-50-29-33-59(65)67(49)68(50)60)74(54-24-16-18-44(2)38-54)70-62(58-28-14-10-22-48(58)6)40-52(42-64(70)72)56-26-12-8-20-46(56)4/h7-42H,1-6H3. The average Bonchev–Trinajstić information content (AvgIpc) is 3.43. The first-order chi connectivity index (χ1) is 36.0. The minimum Gasteiger partial charge on any atom is -0.307 e. The van der Waals surface area contributed by atoms with Crippen LogP contribution in [0.3, 0.4) is 0 Å². The molecule has 12 rings (SSSR count). The van der Waals surface area contributed by atoms with Crippen molar-refractivity contribution in [1.82, 2.24) is 0 Å². The molecule has 358 valence electrons. The Morgan fingerprint density at radius 1 is 0.297 bits per heavy atom. The number of benzene rings is 12. The van der Waals surface area contributed by atoms with E-state index in [-0.39, 0.29) is 11.6 Å². The summed E-state index contributed by atoms with van der Waals surface area (Å²) in [7, 11) is 0. The highest BCUT2D eigenvalue weighted by Crippen LogP contribution is 2.52. The summed E-state index contributed by atoms with van der Waals surface area (Å²) in [6, 6.07) is 74.6. The fraction of sp³-hybridized carbons (Fsp3) is 0.0857. The number of rotatable bonds is 10. The highest BCUT2D eigenvalue weighted by molar-refractivity contribution is 6.28.